The van der Waals surface area contributed by atoms with Crippen LogP contribution in [0.1, 0.15) is 19.4 Å². The highest BCUT2D eigenvalue weighted by molar-refractivity contribution is 6.30. The highest BCUT2D eigenvalue weighted by Gasteiger charge is 2.10. The minimum absolute atomic E-state index is 0.325. The summed E-state index contributed by atoms with van der Waals surface area (Å²) in [6, 6.07) is 0.325. The number of rotatable bonds is 5. The molecule has 0 bridgehead atoms. The van der Waals surface area contributed by atoms with E-state index in [1.54, 1.807) is 0 Å². The molecule has 1 rings (SSSR count). The number of likely N-dealkylation sites (N-methyl/N-ethyl adjacent to an activating group) is 1. The SMILES string of the molecule is CCc1c(Cl)ncnc1NC(C)CN(C)C. The Morgan fingerprint density at radius 2 is 2.12 bits per heavy atom. The Morgan fingerprint density at radius 3 is 2.69 bits per heavy atom. The highest BCUT2D eigenvalue weighted by atomic mass is 35.5. The van der Waals surface area contributed by atoms with Crippen LogP contribution < -0.4 is 5.32 Å². The molecule has 0 spiro atoms. The summed E-state index contributed by atoms with van der Waals surface area (Å²) in [5.41, 5.74) is 0.981. The van der Waals surface area contributed by atoms with Crippen molar-refractivity contribution in [2.75, 3.05) is 26.0 Å². The molecular weight excluding hydrogens is 224 g/mol. The van der Waals surface area contributed by atoms with Gasteiger partial charge in [0, 0.05) is 18.2 Å². The minimum Gasteiger partial charge on any atom is -0.366 e. The van der Waals surface area contributed by atoms with Crippen molar-refractivity contribution in [1.82, 2.24) is 14.9 Å². The van der Waals surface area contributed by atoms with Crippen LogP contribution in [-0.2, 0) is 6.42 Å². The Hall–Kier alpha value is -0.870. The second kappa shape index (κ2) is 6.01. The highest BCUT2D eigenvalue weighted by Crippen LogP contribution is 2.20. The van der Waals surface area contributed by atoms with Crippen molar-refractivity contribution in [3.05, 3.63) is 17.0 Å². The van der Waals surface area contributed by atoms with Crippen molar-refractivity contribution in [2.45, 2.75) is 26.3 Å². The van der Waals surface area contributed by atoms with Gasteiger partial charge in [-0.05, 0) is 27.4 Å². The van der Waals surface area contributed by atoms with E-state index in [0.29, 0.717) is 11.2 Å². The molecule has 0 fully saturated rings. The number of nitrogens with zero attached hydrogens (tertiary/aromatic N) is 3. The van der Waals surface area contributed by atoms with Gasteiger partial charge in [-0.2, -0.15) is 0 Å². The maximum Gasteiger partial charge on any atom is 0.137 e. The minimum atomic E-state index is 0.325. The third-order valence-electron chi connectivity index (χ3n) is 2.27. The molecule has 1 unspecified atom stereocenters. The smallest absolute Gasteiger partial charge is 0.137 e. The van der Waals surface area contributed by atoms with Crippen molar-refractivity contribution < 1.29 is 0 Å². The van der Waals surface area contributed by atoms with E-state index in [2.05, 4.69) is 27.1 Å². The van der Waals surface area contributed by atoms with Gasteiger partial charge in [0.25, 0.3) is 0 Å². The second-order valence-corrected chi connectivity index (χ2v) is 4.51. The Bertz CT molecular complexity index is 341. The molecular formula is C11H19ClN4. The lowest BCUT2D eigenvalue weighted by molar-refractivity contribution is 0.391. The lowest BCUT2D eigenvalue weighted by Gasteiger charge is -2.20. The summed E-state index contributed by atoms with van der Waals surface area (Å²) in [4.78, 5) is 10.3. The van der Waals surface area contributed by atoms with Gasteiger partial charge in [-0.25, -0.2) is 9.97 Å². The maximum atomic E-state index is 6.02. The van der Waals surface area contributed by atoms with Crippen LogP contribution in [0.25, 0.3) is 0 Å². The lowest BCUT2D eigenvalue weighted by atomic mass is 10.2. The molecule has 1 atom stereocenters. The zero-order chi connectivity index (χ0) is 12.1. The van der Waals surface area contributed by atoms with E-state index in [-0.39, 0.29) is 0 Å². The zero-order valence-corrected chi connectivity index (χ0v) is 11.0. The Kier molecular flexibility index (Phi) is 4.96. The summed E-state index contributed by atoms with van der Waals surface area (Å²) in [6.45, 7) is 5.12. The zero-order valence-electron chi connectivity index (χ0n) is 10.3. The Balaban J connectivity index is 2.76. The van der Waals surface area contributed by atoms with Crippen molar-refractivity contribution in [2.24, 2.45) is 0 Å². The number of hydrogen-bond acceptors (Lipinski definition) is 4. The quantitative estimate of drug-likeness (QED) is 0.803. The first kappa shape index (κ1) is 13.2. The average molecular weight is 243 g/mol. The fourth-order valence-electron chi connectivity index (χ4n) is 1.66. The normalized spacial score (nSPS) is 12.9. The molecule has 1 aromatic rings. The standard InChI is InChI=1S/C11H19ClN4/c1-5-9-10(12)13-7-14-11(9)15-8(2)6-16(3)4/h7-8H,5-6H2,1-4H3,(H,13,14,15). The molecule has 0 radical (unpaired) electrons. The fourth-order valence-corrected chi connectivity index (χ4v) is 1.92. The molecule has 1 N–H and O–H groups in total. The first-order valence-electron chi connectivity index (χ1n) is 5.45. The first-order valence-corrected chi connectivity index (χ1v) is 5.83. The summed E-state index contributed by atoms with van der Waals surface area (Å²) in [7, 11) is 4.09. The van der Waals surface area contributed by atoms with Crippen LogP contribution in [-0.4, -0.2) is 41.5 Å². The molecule has 0 aliphatic heterocycles. The monoisotopic (exact) mass is 242 g/mol. The number of aromatic nitrogens is 2. The molecule has 0 aliphatic carbocycles. The molecule has 1 aromatic heterocycles. The largest absolute Gasteiger partial charge is 0.366 e. The number of halogens is 1. The molecule has 0 aromatic carbocycles. The van der Waals surface area contributed by atoms with Gasteiger partial charge in [0.1, 0.15) is 17.3 Å². The van der Waals surface area contributed by atoms with Crippen LogP contribution in [0.4, 0.5) is 5.82 Å². The van der Waals surface area contributed by atoms with Gasteiger partial charge in [0.15, 0.2) is 0 Å². The molecule has 0 saturated heterocycles. The molecule has 0 saturated carbocycles. The molecule has 0 aliphatic rings. The molecule has 4 nitrogen and oxygen atoms in total. The van der Waals surface area contributed by atoms with Crippen molar-refractivity contribution in [3.8, 4) is 0 Å². The van der Waals surface area contributed by atoms with E-state index in [4.69, 9.17) is 11.6 Å². The lowest BCUT2D eigenvalue weighted by Crippen LogP contribution is -2.30. The van der Waals surface area contributed by atoms with Crippen LogP contribution in [0, 0.1) is 0 Å². The van der Waals surface area contributed by atoms with Crippen LogP contribution in [0.3, 0.4) is 0 Å². The van der Waals surface area contributed by atoms with E-state index in [1.807, 2.05) is 21.0 Å². The number of anilines is 1. The van der Waals surface area contributed by atoms with Gasteiger partial charge in [-0.1, -0.05) is 18.5 Å². The third-order valence-corrected chi connectivity index (χ3v) is 2.59. The summed E-state index contributed by atoms with van der Waals surface area (Å²) in [6.07, 6.45) is 2.32. The summed E-state index contributed by atoms with van der Waals surface area (Å²) >= 11 is 6.02. The first-order chi connectivity index (χ1) is 7.54. The van der Waals surface area contributed by atoms with E-state index < -0.39 is 0 Å². The second-order valence-electron chi connectivity index (χ2n) is 4.15. The molecule has 16 heavy (non-hydrogen) atoms. The Labute approximate surface area is 102 Å². The van der Waals surface area contributed by atoms with E-state index in [0.717, 1.165) is 24.3 Å². The summed E-state index contributed by atoms with van der Waals surface area (Å²) < 4.78 is 0. The topological polar surface area (TPSA) is 41.1 Å². The van der Waals surface area contributed by atoms with Gasteiger partial charge in [0.05, 0.1) is 0 Å². The molecule has 1 heterocycles. The summed E-state index contributed by atoms with van der Waals surface area (Å²) in [5, 5.41) is 3.90. The van der Waals surface area contributed by atoms with Gasteiger partial charge in [0.2, 0.25) is 0 Å². The van der Waals surface area contributed by atoms with Crippen LogP contribution in [0.2, 0.25) is 5.15 Å². The molecule has 0 amide bonds. The van der Waals surface area contributed by atoms with E-state index >= 15 is 0 Å². The average Bonchev–Trinajstić information content (AvgIpc) is 2.16. The molecule has 90 valence electrons. The van der Waals surface area contributed by atoms with Gasteiger partial charge >= 0.3 is 0 Å². The number of nitrogens with one attached hydrogen (secondary N) is 1. The van der Waals surface area contributed by atoms with Crippen molar-refractivity contribution in [1.29, 1.82) is 0 Å². The van der Waals surface area contributed by atoms with Gasteiger partial charge < -0.3 is 10.2 Å². The maximum absolute atomic E-state index is 6.02. The predicted octanol–water partition coefficient (Wildman–Crippen LogP) is 2.05. The van der Waals surface area contributed by atoms with E-state index in [9.17, 15) is 0 Å². The number of hydrogen-bond donors (Lipinski definition) is 1. The van der Waals surface area contributed by atoms with E-state index in [1.165, 1.54) is 6.33 Å². The predicted molar refractivity (Wildman–Crippen MR) is 68.1 cm³/mol. The van der Waals surface area contributed by atoms with Crippen molar-refractivity contribution in [3.63, 3.8) is 0 Å². The summed E-state index contributed by atoms with van der Waals surface area (Å²) in [5.74, 6) is 0.844. The van der Waals surface area contributed by atoms with Crippen LogP contribution in [0.15, 0.2) is 6.33 Å². The van der Waals surface area contributed by atoms with Crippen LogP contribution >= 0.6 is 11.6 Å². The van der Waals surface area contributed by atoms with Gasteiger partial charge in [-0.3, -0.25) is 0 Å². The van der Waals surface area contributed by atoms with Crippen molar-refractivity contribution >= 4 is 17.4 Å². The molecule has 5 heteroatoms. The fraction of sp³-hybridized carbons (Fsp3) is 0.636. The van der Waals surface area contributed by atoms with Crippen LogP contribution in [0.5, 0.6) is 0 Å². The van der Waals surface area contributed by atoms with Gasteiger partial charge in [-0.15, -0.1) is 0 Å². The third kappa shape index (κ3) is 3.61. The Morgan fingerprint density at radius 1 is 1.44 bits per heavy atom.